The molecule has 0 amide bonds. The lowest BCUT2D eigenvalue weighted by Crippen LogP contribution is -2.27. The van der Waals surface area contributed by atoms with Crippen LogP contribution in [0.5, 0.6) is 0 Å². The Morgan fingerprint density at radius 2 is 1.88 bits per heavy atom. The van der Waals surface area contributed by atoms with Crippen LogP contribution in [0.15, 0.2) is 59.6 Å². The van der Waals surface area contributed by atoms with Gasteiger partial charge in [0.1, 0.15) is 10.7 Å². The highest BCUT2D eigenvalue weighted by Crippen LogP contribution is 2.24. The van der Waals surface area contributed by atoms with E-state index in [2.05, 4.69) is 9.71 Å². The van der Waals surface area contributed by atoms with Crippen molar-refractivity contribution >= 4 is 20.9 Å². The summed E-state index contributed by atoms with van der Waals surface area (Å²) in [4.78, 5) is 4.38. The number of nitrogens with zero attached hydrogens (tertiary/aromatic N) is 1. The minimum absolute atomic E-state index is 0.114. The molecule has 24 heavy (non-hydrogen) atoms. The van der Waals surface area contributed by atoms with Crippen molar-refractivity contribution in [1.82, 2.24) is 9.71 Å². The van der Waals surface area contributed by atoms with Gasteiger partial charge in [0.25, 0.3) is 0 Å². The van der Waals surface area contributed by atoms with E-state index in [1.165, 1.54) is 18.2 Å². The maximum atomic E-state index is 13.3. The Morgan fingerprint density at radius 1 is 1.12 bits per heavy atom. The number of fused-ring (bicyclic) bond motifs is 1. The Labute approximate surface area is 140 Å². The molecule has 0 aliphatic heterocycles. The molecule has 3 aromatic rings. The van der Waals surface area contributed by atoms with Gasteiger partial charge in [-0.15, -0.1) is 0 Å². The molecular formula is C18H17FN2O2S. The van der Waals surface area contributed by atoms with Gasteiger partial charge in [0, 0.05) is 17.6 Å². The highest BCUT2D eigenvalue weighted by Gasteiger charge is 2.21. The topological polar surface area (TPSA) is 59.1 Å². The van der Waals surface area contributed by atoms with Gasteiger partial charge in [0.2, 0.25) is 10.0 Å². The second-order valence-corrected chi connectivity index (χ2v) is 7.42. The lowest BCUT2D eigenvalue weighted by Gasteiger charge is -2.15. The van der Waals surface area contributed by atoms with Gasteiger partial charge in [-0.2, -0.15) is 0 Å². The predicted molar refractivity (Wildman–Crippen MR) is 91.6 cm³/mol. The molecule has 0 fully saturated rings. The van der Waals surface area contributed by atoms with Crippen LogP contribution in [0.25, 0.3) is 10.9 Å². The summed E-state index contributed by atoms with van der Waals surface area (Å²) in [5.74, 6) is -0.402. The number of halogens is 1. The number of para-hydroxylation sites is 1. The van der Waals surface area contributed by atoms with Gasteiger partial charge in [0.05, 0.1) is 5.52 Å². The van der Waals surface area contributed by atoms with Gasteiger partial charge in [-0.05, 0) is 49.2 Å². The van der Waals surface area contributed by atoms with Crippen molar-refractivity contribution in [2.45, 2.75) is 24.8 Å². The summed E-state index contributed by atoms with van der Waals surface area (Å²) >= 11 is 0. The molecular weight excluding hydrogens is 327 g/mol. The third-order valence-corrected chi connectivity index (χ3v) is 5.35. The average molecular weight is 344 g/mol. The molecule has 0 aliphatic rings. The van der Waals surface area contributed by atoms with Crippen molar-refractivity contribution in [2.75, 3.05) is 0 Å². The van der Waals surface area contributed by atoms with Gasteiger partial charge in [-0.1, -0.05) is 24.3 Å². The van der Waals surface area contributed by atoms with Crippen LogP contribution in [0.4, 0.5) is 4.39 Å². The Hall–Kier alpha value is -2.31. The van der Waals surface area contributed by atoms with Crippen LogP contribution in [-0.2, 0) is 10.0 Å². The molecule has 2 aromatic carbocycles. The first-order valence-corrected chi connectivity index (χ1v) is 8.98. The Morgan fingerprint density at radius 3 is 2.62 bits per heavy atom. The summed E-state index contributed by atoms with van der Waals surface area (Å²) in [6.07, 6.45) is 1.64. The van der Waals surface area contributed by atoms with Crippen molar-refractivity contribution in [2.24, 2.45) is 0 Å². The Balaban J connectivity index is 1.99. The van der Waals surface area contributed by atoms with Gasteiger partial charge >= 0.3 is 0 Å². The second kappa shape index (κ2) is 6.30. The van der Waals surface area contributed by atoms with Crippen molar-refractivity contribution in [3.05, 3.63) is 71.7 Å². The average Bonchev–Trinajstić information content (AvgIpc) is 2.53. The molecule has 1 heterocycles. The minimum Gasteiger partial charge on any atom is -0.255 e. The number of hydrogen-bond acceptors (Lipinski definition) is 3. The highest BCUT2D eigenvalue weighted by molar-refractivity contribution is 7.89. The molecule has 1 unspecified atom stereocenters. The first-order valence-electron chi connectivity index (χ1n) is 7.50. The van der Waals surface area contributed by atoms with E-state index < -0.39 is 21.9 Å². The summed E-state index contributed by atoms with van der Waals surface area (Å²) in [7, 11) is -3.79. The monoisotopic (exact) mass is 344 g/mol. The molecule has 1 N–H and O–H groups in total. The fraction of sp³-hybridized carbons (Fsp3) is 0.167. The van der Waals surface area contributed by atoms with E-state index in [1.54, 1.807) is 31.3 Å². The van der Waals surface area contributed by atoms with Crippen LogP contribution in [0.3, 0.4) is 0 Å². The van der Waals surface area contributed by atoms with E-state index in [9.17, 15) is 12.8 Å². The molecule has 4 nitrogen and oxygen atoms in total. The number of aryl methyl sites for hydroxylation is 1. The molecule has 0 aliphatic carbocycles. The normalized spacial score (nSPS) is 13.1. The summed E-state index contributed by atoms with van der Waals surface area (Å²) in [5, 5.41) is 0.760. The zero-order valence-electron chi connectivity index (χ0n) is 13.3. The zero-order valence-corrected chi connectivity index (χ0v) is 14.1. The molecule has 124 valence electrons. The summed E-state index contributed by atoms with van der Waals surface area (Å²) in [6, 6.07) is 12.2. The first kappa shape index (κ1) is 16.5. The van der Waals surface area contributed by atoms with Crippen molar-refractivity contribution in [3.63, 3.8) is 0 Å². The van der Waals surface area contributed by atoms with Crippen LogP contribution in [-0.4, -0.2) is 13.4 Å². The van der Waals surface area contributed by atoms with Gasteiger partial charge in [-0.25, -0.2) is 17.5 Å². The van der Waals surface area contributed by atoms with Crippen LogP contribution in [0, 0.1) is 12.7 Å². The van der Waals surface area contributed by atoms with Gasteiger partial charge < -0.3 is 0 Å². The summed E-state index contributed by atoms with van der Waals surface area (Å²) in [6.45, 7) is 3.58. The summed E-state index contributed by atoms with van der Waals surface area (Å²) in [5.41, 5.74) is 1.93. The molecule has 6 heteroatoms. The second-order valence-electron chi connectivity index (χ2n) is 5.74. The van der Waals surface area contributed by atoms with E-state index in [4.69, 9.17) is 0 Å². The molecule has 0 bridgehead atoms. The molecule has 0 saturated heterocycles. The third kappa shape index (κ3) is 3.29. The predicted octanol–water partition coefficient (Wildman–Crippen LogP) is 3.72. The quantitative estimate of drug-likeness (QED) is 0.785. The number of sulfonamides is 1. The minimum atomic E-state index is -3.79. The number of hydrogen-bond donors (Lipinski definition) is 1. The van der Waals surface area contributed by atoms with Crippen molar-refractivity contribution < 1.29 is 12.8 Å². The SMILES string of the molecule is Cc1cnc2c(S(=O)(=O)NC(C)c3cccc(F)c3)cccc2c1. The van der Waals surface area contributed by atoms with Crippen molar-refractivity contribution in [3.8, 4) is 0 Å². The van der Waals surface area contributed by atoms with E-state index in [-0.39, 0.29) is 4.90 Å². The van der Waals surface area contributed by atoms with Crippen LogP contribution < -0.4 is 4.72 Å². The van der Waals surface area contributed by atoms with Crippen LogP contribution in [0.1, 0.15) is 24.1 Å². The standard InChI is InChI=1S/C18H17FN2O2S/c1-12-9-15-6-4-8-17(18(15)20-11-12)24(22,23)21-13(2)14-5-3-7-16(19)10-14/h3-11,13,21H,1-2H3. The van der Waals surface area contributed by atoms with Crippen molar-refractivity contribution in [1.29, 1.82) is 0 Å². The van der Waals surface area contributed by atoms with E-state index in [1.807, 2.05) is 19.1 Å². The molecule has 3 rings (SSSR count). The zero-order chi connectivity index (χ0) is 17.3. The van der Waals surface area contributed by atoms with Gasteiger partial charge in [-0.3, -0.25) is 4.98 Å². The maximum Gasteiger partial charge on any atom is 0.243 e. The Kier molecular flexibility index (Phi) is 4.34. The van der Waals surface area contributed by atoms with Crippen LogP contribution in [0.2, 0.25) is 0 Å². The third-order valence-electron chi connectivity index (χ3n) is 3.78. The number of rotatable bonds is 4. The number of benzene rings is 2. The fourth-order valence-electron chi connectivity index (χ4n) is 2.60. The fourth-order valence-corrected chi connectivity index (χ4v) is 4.01. The molecule has 0 radical (unpaired) electrons. The number of pyridine rings is 1. The smallest absolute Gasteiger partial charge is 0.243 e. The van der Waals surface area contributed by atoms with Crippen LogP contribution >= 0.6 is 0 Å². The lowest BCUT2D eigenvalue weighted by molar-refractivity contribution is 0.565. The molecule has 0 saturated carbocycles. The number of aromatic nitrogens is 1. The highest BCUT2D eigenvalue weighted by atomic mass is 32.2. The molecule has 0 spiro atoms. The largest absolute Gasteiger partial charge is 0.255 e. The Bertz CT molecular complexity index is 1000. The first-order chi connectivity index (χ1) is 11.4. The lowest BCUT2D eigenvalue weighted by atomic mass is 10.1. The van der Waals surface area contributed by atoms with E-state index in [0.717, 1.165) is 10.9 Å². The molecule has 1 aromatic heterocycles. The number of nitrogens with one attached hydrogen (secondary N) is 1. The summed E-state index contributed by atoms with van der Waals surface area (Å²) < 4.78 is 41.4. The van der Waals surface area contributed by atoms with E-state index in [0.29, 0.717) is 11.1 Å². The maximum absolute atomic E-state index is 13.3. The molecule has 1 atom stereocenters. The van der Waals surface area contributed by atoms with Gasteiger partial charge in [0.15, 0.2) is 0 Å². The van der Waals surface area contributed by atoms with E-state index >= 15 is 0 Å².